The molecule has 2 aromatic rings. The first-order chi connectivity index (χ1) is 9.29. The molecule has 10 heteroatoms. The van der Waals surface area contributed by atoms with Crippen molar-refractivity contribution in [2.24, 2.45) is 0 Å². The van der Waals surface area contributed by atoms with Crippen molar-refractivity contribution in [3.8, 4) is 0 Å². The van der Waals surface area contributed by atoms with E-state index in [0.717, 1.165) is 15.8 Å². The summed E-state index contributed by atoms with van der Waals surface area (Å²) in [5.41, 5.74) is 5.05. The molecule has 0 saturated carbocycles. The minimum Gasteiger partial charge on any atom is -0.385 e. The number of nitrogens with two attached hydrogens (primary N) is 1. The minimum atomic E-state index is -3.79. The van der Waals surface area contributed by atoms with E-state index >= 15 is 0 Å². The Hall–Kier alpha value is -1.49. The summed E-state index contributed by atoms with van der Waals surface area (Å²) in [6.45, 7) is 2.07. The number of rotatable bonds is 5. The van der Waals surface area contributed by atoms with E-state index in [9.17, 15) is 18.5 Å². The number of thiophene rings is 2. The summed E-state index contributed by atoms with van der Waals surface area (Å²) in [5, 5.41) is 10.5. The molecule has 0 fully saturated rings. The number of sulfonamides is 1. The van der Waals surface area contributed by atoms with Crippen molar-refractivity contribution in [2.75, 3.05) is 5.73 Å². The van der Waals surface area contributed by atoms with Crippen LogP contribution in [0.3, 0.4) is 0 Å². The highest BCUT2D eigenvalue weighted by molar-refractivity contribution is 7.91. The van der Waals surface area contributed by atoms with Crippen LogP contribution in [0.2, 0.25) is 0 Å². The molecule has 20 heavy (non-hydrogen) atoms. The van der Waals surface area contributed by atoms with E-state index in [4.69, 9.17) is 5.73 Å². The quantitative estimate of drug-likeness (QED) is 0.642. The van der Waals surface area contributed by atoms with Gasteiger partial charge in [0.25, 0.3) is 10.0 Å². The molecule has 0 aliphatic rings. The third kappa shape index (κ3) is 3.15. The number of nitrogens with zero attached hydrogens (tertiary/aromatic N) is 1. The highest BCUT2D eigenvalue weighted by Gasteiger charge is 2.24. The molecule has 2 aromatic heterocycles. The van der Waals surface area contributed by atoms with E-state index < -0.39 is 14.9 Å². The van der Waals surface area contributed by atoms with Crippen LogP contribution in [0.1, 0.15) is 9.75 Å². The van der Waals surface area contributed by atoms with E-state index in [0.29, 0.717) is 11.3 Å². The number of nitrogens with one attached hydrogen (secondary N) is 1. The van der Waals surface area contributed by atoms with Crippen molar-refractivity contribution in [1.29, 1.82) is 0 Å². The summed E-state index contributed by atoms with van der Waals surface area (Å²) in [6, 6.07) is 4.69. The fraction of sp³-hybridized carbons (Fsp3) is 0.200. The van der Waals surface area contributed by atoms with Gasteiger partial charge in [-0.2, -0.15) is 0 Å². The van der Waals surface area contributed by atoms with Gasteiger partial charge < -0.3 is 5.73 Å². The fourth-order valence-electron chi connectivity index (χ4n) is 1.47. The van der Waals surface area contributed by atoms with Gasteiger partial charge in [0.15, 0.2) is 5.00 Å². The lowest BCUT2D eigenvalue weighted by Crippen LogP contribution is -2.21. The van der Waals surface area contributed by atoms with Crippen LogP contribution in [0.4, 0.5) is 10.7 Å². The molecule has 3 N–H and O–H groups in total. The van der Waals surface area contributed by atoms with Crippen LogP contribution >= 0.6 is 22.7 Å². The Morgan fingerprint density at radius 3 is 2.60 bits per heavy atom. The molecular formula is C10H11N3O4S3. The van der Waals surface area contributed by atoms with Gasteiger partial charge in [0.05, 0.1) is 4.92 Å². The topological polar surface area (TPSA) is 115 Å². The van der Waals surface area contributed by atoms with Crippen molar-refractivity contribution < 1.29 is 13.3 Å². The van der Waals surface area contributed by atoms with Gasteiger partial charge in [-0.05, 0) is 19.1 Å². The van der Waals surface area contributed by atoms with E-state index in [1.54, 1.807) is 0 Å². The normalized spacial score (nSPS) is 11.7. The second kappa shape index (κ2) is 5.48. The number of hydrogen-bond acceptors (Lipinski definition) is 7. The van der Waals surface area contributed by atoms with Crippen molar-refractivity contribution in [3.63, 3.8) is 0 Å². The maximum absolute atomic E-state index is 12.0. The lowest BCUT2D eigenvalue weighted by molar-refractivity contribution is -0.383. The predicted molar refractivity (Wildman–Crippen MR) is 78.5 cm³/mol. The Bertz CT molecular complexity index is 748. The van der Waals surface area contributed by atoms with Crippen molar-refractivity contribution in [1.82, 2.24) is 4.72 Å². The molecule has 0 amide bonds. The van der Waals surface area contributed by atoms with Crippen molar-refractivity contribution >= 4 is 43.4 Å². The van der Waals surface area contributed by atoms with Gasteiger partial charge >= 0.3 is 5.69 Å². The molecule has 2 rings (SSSR count). The second-order valence-electron chi connectivity index (χ2n) is 3.91. The molecule has 0 bridgehead atoms. The van der Waals surface area contributed by atoms with Crippen LogP contribution in [-0.4, -0.2) is 13.3 Å². The minimum absolute atomic E-state index is 0.123. The number of anilines is 1. The second-order valence-corrected chi connectivity index (χ2v) is 8.36. The fourth-order valence-corrected chi connectivity index (χ4v) is 4.65. The van der Waals surface area contributed by atoms with E-state index in [-0.39, 0.29) is 21.4 Å². The first kappa shape index (κ1) is 14.9. The maximum Gasteiger partial charge on any atom is 0.304 e. The number of nitro groups is 1. The van der Waals surface area contributed by atoms with Crippen molar-refractivity contribution in [2.45, 2.75) is 17.7 Å². The van der Waals surface area contributed by atoms with Crippen molar-refractivity contribution in [3.05, 3.63) is 38.1 Å². The van der Waals surface area contributed by atoms with Gasteiger partial charge in [-0.3, -0.25) is 10.1 Å². The molecule has 0 aromatic carbocycles. The third-order valence-electron chi connectivity index (χ3n) is 2.41. The number of hydrogen-bond donors (Lipinski definition) is 2. The zero-order valence-corrected chi connectivity index (χ0v) is 12.8. The molecular weight excluding hydrogens is 322 g/mol. The van der Waals surface area contributed by atoms with Crippen LogP contribution in [0.15, 0.2) is 22.4 Å². The van der Waals surface area contributed by atoms with Crippen LogP contribution in [0.25, 0.3) is 0 Å². The summed E-state index contributed by atoms with van der Waals surface area (Å²) in [5.74, 6) is 0. The smallest absolute Gasteiger partial charge is 0.304 e. The first-order valence-corrected chi connectivity index (χ1v) is 8.50. The van der Waals surface area contributed by atoms with Gasteiger partial charge in [-0.15, -0.1) is 11.3 Å². The lowest BCUT2D eigenvalue weighted by Gasteiger charge is -2.02. The number of aryl methyl sites for hydroxylation is 1. The standard InChI is InChI=1S/C10H11N3O4S3/c1-6-2-3-7(18-6)5-12-20(16,17)9-4-8(13(14)15)10(11)19-9/h2-4,12H,5,11H2,1H3. The maximum atomic E-state index is 12.0. The summed E-state index contributed by atoms with van der Waals surface area (Å²) in [7, 11) is -3.79. The van der Waals surface area contributed by atoms with Crippen LogP contribution in [-0.2, 0) is 16.6 Å². The van der Waals surface area contributed by atoms with E-state index in [1.807, 2.05) is 19.1 Å². The number of nitrogen functional groups attached to an aromatic ring is 1. The van der Waals surface area contributed by atoms with E-state index in [2.05, 4.69) is 4.72 Å². The third-order valence-corrected chi connectivity index (χ3v) is 6.24. The molecule has 0 spiro atoms. The molecule has 2 heterocycles. The molecule has 108 valence electrons. The summed E-state index contributed by atoms with van der Waals surface area (Å²) >= 11 is 2.16. The monoisotopic (exact) mass is 333 g/mol. The summed E-state index contributed by atoms with van der Waals surface area (Å²) in [4.78, 5) is 11.9. The Morgan fingerprint density at radius 1 is 1.40 bits per heavy atom. The van der Waals surface area contributed by atoms with Gasteiger partial charge in [-0.1, -0.05) is 11.3 Å². The predicted octanol–water partition coefficient (Wildman–Crippen LogP) is 2.09. The molecule has 0 radical (unpaired) electrons. The van der Waals surface area contributed by atoms with Gasteiger partial charge in [0.1, 0.15) is 4.21 Å². The molecule has 0 unspecified atom stereocenters. The van der Waals surface area contributed by atoms with Crippen LogP contribution in [0.5, 0.6) is 0 Å². The van der Waals surface area contributed by atoms with E-state index in [1.165, 1.54) is 11.3 Å². The lowest BCUT2D eigenvalue weighted by atomic mass is 10.4. The summed E-state index contributed by atoms with van der Waals surface area (Å²) in [6.07, 6.45) is 0. The largest absolute Gasteiger partial charge is 0.385 e. The highest BCUT2D eigenvalue weighted by Crippen LogP contribution is 2.34. The molecule has 0 aliphatic heterocycles. The van der Waals surface area contributed by atoms with Crippen LogP contribution in [0, 0.1) is 17.0 Å². The highest BCUT2D eigenvalue weighted by atomic mass is 32.2. The van der Waals surface area contributed by atoms with Gasteiger partial charge in [0, 0.05) is 22.4 Å². The average molecular weight is 333 g/mol. The Labute approximate surface area is 123 Å². The van der Waals surface area contributed by atoms with Crippen LogP contribution < -0.4 is 10.5 Å². The average Bonchev–Trinajstić information content (AvgIpc) is 2.93. The summed E-state index contributed by atoms with van der Waals surface area (Å²) < 4.78 is 26.3. The zero-order valence-electron chi connectivity index (χ0n) is 10.3. The molecule has 0 saturated heterocycles. The zero-order chi connectivity index (χ0) is 14.9. The Kier molecular flexibility index (Phi) is 4.09. The molecule has 0 aliphatic carbocycles. The Morgan fingerprint density at radius 2 is 2.10 bits per heavy atom. The first-order valence-electron chi connectivity index (χ1n) is 5.38. The van der Waals surface area contributed by atoms with Gasteiger partial charge in [-0.25, -0.2) is 13.1 Å². The SMILES string of the molecule is Cc1ccc(CNS(=O)(=O)c2cc([N+](=O)[O-])c(N)s2)s1. The Balaban J connectivity index is 2.18. The molecule has 0 atom stereocenters. The molecule has 7 nitrogen and oxygen atoms in total. The van der Waals surface area contributed by atoms with Gasteiger partial charge in [0.2, 0.25) is 0 Å².